The van der Waals surface area contributed by atoms with Crippen molar-refractivity contribution in [3.63, 3.8) is 0 Å². The molecule has 110 valence electrons. The fourth-order valence-corrected chi connectivity index (χ4v) is 2.10. The maximum absolute atomic E-state index is 11.9. The van der Waals surface area contributed by atoms with E-state index < -0.39 is 0 Å². The van der Waals surface area contributed by atoms with Gasteiger partial charge in [0.05, 0.1) is 26.9 Å². The van der Waals surface area contributed by atoms with E-state index in [1.165, 1.54) is 7.11 Å². The van der Waals surface area contributed by atoms with E-state index in [9.17, 15) is 4.79 Å². The van der Waals surface area contributed by atoms with E-state index in [2.05, 4.69) is 0 Å². The van der Waals surface area contributed by atoms with E-state index in [0.29, 0.717) is 17.7 Å². The Morgan fingerprint density at radius 2 is 1.52 bits per heavy atom. The Kier molecular flexibility index (Phi) is 4.82. The summed E-state index contributed by atoms with van der Waals surface area (Å²) in [5.41, 5.74) is 2.51. The first-order valence-electron chi connectivity index (χ1n) is 6.56. The lowest BCUT2D eigenvalue weighted by atomic mass is 9.99. The zero-order chi connectivity index (χ0) is 15.2. The third-order valence-corrected chi connectivity index (χ3v) is 3.28. The van der Waals surface area contributed by atoms with Crippen LogP contribution in [-0.4, -0.2) is 27.3 Å². The van der Waals surface area contributed by atoms with Crippen molar-refractivity contribution in [2.75, 3.05) is 21.3 Å². The highest BCUT2D eigenvalue weighted by Crippen LogP contribution is 2.22. The van der Waals surface area contributed by atoms with Crippen LogP contribution in [0.25, 0.3) is 0 Å². The molecule has 0 aliphatic rings. The van der Waals surface area contributed by atoms with Crippen LogP contribution in [0.1, 0.15) is 21.5 Å². The van der Waals surface area contributed by atoms with Crippen molar-refractivity contribution in [1.29, 1.82) is 0 Å². The monoisotopic (exact) mass is 286 g/mol. The molecule has 0 bridgehead atoms. The number of carbonyl (C=O) groups is 1. The number of hydrogen-bond acceptors (Lipinski definition) is 4. The van der Waals surface area contributed by atoms with E-state index in [-0.39, 0.29) is 5.97 Å². The van der Waals surface area contributed by atoms with Gasteiger partial charge in [-0.05, 0) is 41.8 Å². The number of esters is 1. The van der Waals surface area contributed by atoms with E-state index in [1.54, 1.807) is 20.3 Å². The molecule has 0 atom stereocenters. The summed E-state index contributed by atoms with van der Waals surface area (Å²) in [6.45, 7) is 0. The number of rotatable bonds is 5. The maximum atomic E-state index is 11.9. The second-order valence-electron chi connectivity index (χ2n) is 4.54. The molecule has 0 amide bonds. The first kappa shape index (κ1) is 14.9. The molecular formula is C17H18O4. The molecule has 2 aromatic carbocycles. The predicted molar refractivity (Wildman–Crippen MR) is 80.1 cm³/mol. The van der Waals surface area contributed by atoms with Crippen LogP contribution in [0.3, 0.4) is 0 Å². The molecule has 0 radical (unpaired) electrons. The van der Waals surface area contributed by atoms with Gasteiger partial charge in [-0.1, -0.05) is 18.2 Å². The average Bonchev–Trinajstić information content (AvgIpc) is 2.55. The van der Waals surface area contributed by atoms with Gasteiger partial charge in [-0.25, -0.2) is 4.79 Å². The highest BCUT2D eigenvalue weighted by Gasteiger charge is 2.13. The summed E-state index contributed by atoms with van der Waals surface area (Å²) in [6, 6.07) is 13.2. The normalized spacial score (nSPS) is 10.0. The largest absolute Gasteiger partial charge is 0.497 e. The van der Waals surface area contributed by atoms with Gasteiger partial charge in [0.2, 0.25) is 0 Å². The highest BCUT2D eigenvalue weighted by atomic mass is 16.5. The van der Waals surface area contributed by atoms with Crippen LogP contribution in [0.15, 0.2) is 42.5 Å². The third kappa shape index (κ3) is 3.54. The lowest BCUT2D eigenvalue weighted by molar-refractivity contribution is 0.0599. The molecule has 0 saturated carbocycles. The van der Waals surface area contributed by atoms with Crippen LogP contribution in [-0.2, 0) is 11.2 Å². The number of ether oxygens (including phenoxy) is 3. The standard InChI is InChI=1S/C17H18O4/c1-19-14-7-4-12(5-8-14)10-13-6-9-15(20-2)11-16(13)17(18)21-3/h4-9,11H,10H2,1-3H3. The quantitative estimate of drug-likeness (QED) is 0.792. The molecule has 0 fully saturated rings. The molecule has 0 N–H and O–H groups in total. The molecule has 0 heterocycles. The molecule has 0 saturated heterocycles. The summed E-state index contributed by atoms with van der Waals surface area (Å²) in [6.07, 6.45) is 0.637. The second kappa shape index (κ2) is 6.79. The van der Waals surface area contributed by atoms with Crippen LogP contribution < -0.4 is 9.47 Å². The van der Waals surface area contributed by atoms with Crippen molar-refractivity contribution in [3.05, 3.63) is 59.2 Å². The minimum Gasteiger partial charge on any atom is -0.497 e. The van der Waals surface area contributed by atoms with Crippen LogP contribution in [0, 0.1) is 0 Å². The first-order valence-corrected chi connectivity index (χ1v) is 6.56. The van der Waals surface area contributed by atoms with Crippen LogP contribution in [0.2, 0.25) is 0 Å². The molecule has 4 heteroatoms. The van der Waals surface area contributed by atoms with E-state index in [4.69, 9.17) is 14.2 Å². The van der Waals surface area contributed by atoms with Gasteiger partial charge in [-0.2, -0.15) is 0 Å². The molecule has 0 aromatic heterocycles. The maximum Gasteiger partial charge on any atom is 0.338 e. The van der Waals surface area contributed by atoms with E-state index >= 15 is 0 Å². The lowest BCUT2D eigenvalue weighted by Crippen LogP contribution is -2.06. The zero-order valence-electron chi connectivity index (χ0n) is 12.4. The van der Waals surface area contributed by atoms with Crippen molar-refractivity contribution in [3.8, 4) is 11.5 Å². The van der Waals surface area contributed by atoms with Gasteiger partial charge < -0.3 is 14.2 Å². The van der Waals surface area contributed by atoms with Gasteiger partial charge in [0.15, 0.2) is 0 Å². The van der Waals surface area contributed by atoms with Gasteiger partial charge in [-0.15, -0.1) is 0 Å². The van der Waals surface area contributed by atoms with Crippen LogP contribution in [0.4, 0.5) is 0 Å². The van der Waals surface area contributed by atoms with Crippen molar-refractivity contribution < 1.29 is 19.0 Å². The van der Waals surface area contributed by atoms with Gasteiger partial charge >= 0.3 is 5.97 Å². The number of hydrogen-bond donors (Lipinski definition) is 0. The van der Waals surface area contributed by atoms with Gasteiger partial charge in [0, 0.05) is 0 Å². The summed E-state index contributed by atoms with van der Waals surface area (Å²) in [7, 11) is 4.58. The average molecular weight is 286 g/mol. The van der Waals surface area contributed by atoms with Crippen molar-refractivity contribution in [2.45, 2.75) is 6.42 Å². The van der Waals surface area contributed by atoms with Crippen molar-refractivity contribution in [2.24, 2.45) is 0 Å². The fourth-order valence-electron chi connectivity index (χ4n) is 2.10. The first-order chi connectivity index (χ1) is 10.2. The Morgan fingerprint density at radius 3 is 2.10 bits per heavy atom. The molecule has 4 nitrogen and oxygen atoms in total. The summed E-state index contributed by atoms with van der Waals surface area (Å²) in [4.78, 5) is 11.9. The second-order valence-corrected chi connectivity index (χ2v) is 4.54. The Bertz CT molecular complexity index is 617. The Labute approximate surface area is 124 Å². The molecule has 2 rings (SSSR count). The van der Waals surface area contributed by atoms with Gasteiger partial charge in [0.1, 0.15) is 11.5 Å². The molecule has 21 heavy (non-hydrogen) atoms. The van der Waals surface area contributed by atoms with Crippen molar-refractivity contribution in [1.82, 2.24) is 0 Å². The molecular weight excluding hydrogens is 268 g/mol. The topological polar surface area (TPSA) is 44.8 Å². The Morgan fingerprint density at radius 1 is 0.905 bits per heavy atom. The van der Waals surface area contributed by atoms with Crippen LogP contribution >= 0.6 is 0 Å². The zero-order valence-corrected chi connectivity index (χ0v) is 12.4. The van der Waals surface area contributed by atoms with Gasteiger partial charge in [-0.3, -0.25) is 0 Å². The fraction of sp³-hybridized carbons (Fsp3) is 0.235. The summed E-state index contributed by atoms with van der Waals surface area (Å²) < 4.78 is 15.1. The molecule has 0 spiro atoms. The Balaban J connectivity index is 2.31. The third-order valence-electron chi connectivity index (χ3n) is 3.28. The summed E-state index contributed by atoms with van der Waals surface area (Å²) >= 11 is 0. The predicted octanol–water partition coefficient (Wildman–Crippen LogP) is 3.08. The van der Waals surface area contributed by atoms with E-state index in [1.807, 2.05) is 36.4 Å². The smallest absolute Gasteiger partial charge is 0.338 e. The molecule has 0 aliphatic heterocycles. The number of methoxy groups -OCH3 is 3. The number of benzene rings is 2. The molecule has 0 unspecified atom stereocenters. The van der Waals surface area contributed by atoms with Crippen LogP contribution in [0.5, 0.6) is 11.5 Å². The van der Waals surface area contributed by atoms with Gasteiger partial charge in [0.25, 0.3) is 0 Å². The highest BCUT2D eigenvalue weighted by molar-refractivity contribution is 5.91. The summed E-state index contributed by atoms with van der Waals surface area (Å²) in [5, 5.41) is 0. The van der Waals surface area contributed by atoms with Crippen molar-refractivity contribution >= 4 is 5.97 Å². The minimum atomic E-state index is -0.364. The number of carbonyl (C=O) groups excluding carboxylic acids is 1. The summed E-state index contributed by atoms with van der Waals surface area (Å²) in [5.74, 6) is 1.08. The SMILES string of the molecule is COC(=O)c1cc(OC)ccc1Cc1ccc(OC)cc1. The minimum absolute atomic E-state index is 0.364. The Hall–Kier alpha value is -2.49. The molecule has 0 aliphatic carbocycles. The molecule has 2 aromatic rings. The lowest BCUT2D eigenvalue weighted by Gasteiger charge is -2.10. The van der Waals surface area contributed by atoms with E-state index in [0.717, 1.165) is 16.9 Å².